The first-order valence-corrected chi connectivity index (χ1v) is 6.42. The maximum absolute atomic E-state index is 2.49. The highest BCUT2D eigenvalue weighted by atomic mass is 15.4. The molecule has 0 aliphatic carbocycles. The van der Waals surface area contributed by atoms with E-state index in [4.69, 9.17) is 0 Å². The lowest BCUT2D eigenvalue weighted by atomic mass is 10.1. The van der Waals surface area contributed by atoms with Crippen molar-refractivity contribution in [2.75, 3.05) is 6.54 Å². The van der Waals surface area contributed by atoms with Crippen molar-refractivity contribution in [2.45, 2.75) is 65.6 Å². The fourth-order valence-corrected chi connectivity index (χ4v) is 2.26. The quantitative estimate of drug-likeness (QED) is 0.620. The van der Waals surface area contributed by atoms with E-state index in [0.29, 0.717) is 12.2 Å². The molecule has 0 N–H and O–H groups in total. The summed E-state index contributed by atoms with van der Waals surface area (Å²) < 4.78 is 0. The first-order valence-electron chi connectivity index (χ1n) is 6.42. The molecule has 0 aromatic rings. The molecule has 1 rings (SSSR count). The van der Waals surface area contributed by atoms with Gasteiger partial charge >= 0.3 is 0 Å². The Balaban J connectivity index is 2.47. The van der Waals surface area contributed by atoms with E-state index in [1.807, 2.05) is 0 Å². The summed E-state index contributed by atoms with van der Waals surface area (Å²) in [6, 6.07) is 0.615. The van der Waals surface area contributed by atoms with Crippen LogP contribution in [0.5, 0.6) is 0 Å². The van der Waals surface area contributed by atoms with Crippen LogP contribution in [0, 0.1) is 0 Å². The molecule has 1 atom stereocenters. The number of unbranched alkanes of at least 4 members (excludes halogenated alkanes) is 2. The molecule has 0 bridgehead atoms. The molecular weight excluding hydrogens is 184 g/mol. The van der Waals surface area contributed by atoms with Gasteiger partial charge in [-0.2, -0.15) is 0 Å². The minimum absolute atomic E-state index is 0.613. The van der Waals surface area contributed by atoms with Crippen LogP contribution in [0.4, 0.5) is 0 Å². The van der Waals surface area contributed by atoms with E-state index in [9.17, 15) is 0 Å². The Bertz CT molecular complexity index is 199. The number of rotatable bonds is 6. The fourth-order valence-electron chi connectivity index (χ4n) is 2.26. The monoisotopic (exact) mass is 210 g/mol. The molecule has 0 amide bonds. The lowest BCUT2D eigenvalue weighted by Crippen LogP contribution is -2.41. The Labute approximate surface area is 94.9 Å². The van der Waals surface area contributed by atoms with Crippen molar-refractivity contribution in [2.24, 2.45) is 0 Å². The summed E-state index contributed by atoms with van der Waals surface area (Å²) in [5.74, 6) is 0. The average Bonchev–Trinajstić information content (AvgIpc) is 2.61. The van der Waals surface area contributed by atoms with Crippen LogP contribution >= 0.6 is 0 Å². The number of nitrogens with zero attached hydrogens (tertiary/aromatic N) is 2. The van der Waals surface area contributed by atoms with Gasteiger partial charge < -0.3 is 9.80 Å². The molecule has 0 radical (unpaired) electrons. The van der Waals surface area contributed by atoms with Crippen LogP contribution < -0.4 is 0 Å². The van der Waals surface area contributed by atoms with Gasteiger partial charge in [0.2, 0.25) is 0 Å². The maximum atomic E-state index is 2.49. The molecule has 15 heavy (non-hydrogen) atoms. The van der Waals surface area contributed by atoms with Gasteiger partial charge in [0.25, 0.3) is 0 Å². The van der Waals surface area contributed by atoms with E-state index in [0.717, 1.165) is 6.54 Å². The molecule has 0 saturated heterocycles. The van der Waals surface area contributed by atoms with Gasteiger partial charge in [-0.3, -0.25) is 0 Å². The molecule has 1 aliphatic heterocycles. The van der Waals surface area contributed by atoms with Crippen molar-refractivity contribution in [1.82, 2.24) is 9.80 Å². The predicted molar refractivity (Wildman–Crippen MR) is 66.4 cm³/mol. The van der Waals surface area contributed by atoms with Crippen LogP contribution in [0.1, 0.15) is 53.4 Å². The van der Waals surface area contributed by atoms with E-state index in [1.165, 1.54) is 25.7 Å². The van der Waals surface area contributed by atoms with Gasteiger partial charge in [-0.25, -0.2) is 0 Å². The topological polar surface area (TPSA) is 6.48 Å². The van der Waals surface area contributed by atoms with Gasteiger partial charge in [0.1, 0.15) is 6.17 Å². The third-order valence-corrected chi connectivity index (χ3v) is 3.18. The molecule has 0 saturated carbocycles. The Hall–Kier alpha value is -0.660. The molecule has 0 aromatic carbocycles. The summed E-state index contributed by atoms with van der Waals surface area (Å²) in [5, 5.41) is 0. The second kappa shape index (κ2) is 6.04. The molecule has 0 fully saturated rings. The van der Waals surface area contributed by atoms with Crippen molar-refractivity contribution in [1.29, 1.82) is 0 Å². The van der Waals surface area contributed by atoms with Crippen LogP contribution in [0.15, 0.2) is 12.4 Å². The first-order chi connectivity index (χ1) is 7.20. The normalized spacial score (nSPS) is 20.7. The fraction of sp³-hybridized carbons (Fsp3) is 0.846. The van der Waals surface area contributed by atoms with Gasteiger partial charge in [-0.15, -0.1) is 0 Å². The van der Waals surface area contributed by atoms with Gasteiger partial charge in [-0.05, 0) is 33.6 Å². The third-order valence-electron chi connectivity index (χ3n) is 3.18. The standard InChI is InChI=1S/C13H26N2/c1-5-7-8-9-13-14(6-2)10-11-15(13)12(3)4/h10-13H,5-9H2,1-4H3. The van der Waals surface area contributed by atoms with Crippen molar-refractivity contribution in [3.05, 3.63) is 12.4 Å². The third kappa shape index (κ3) is 3.15. The predicted octanol–water partition coefficient (Wildman–Crippen LogP) is 3.41. The van der Waals surface area contributed by atoms with E-state index in [1.54, 1.807) is 0 Å². The minimum Gasteiger partial charge on any atom is -0.356 e. The zero-order valence-corrected chi connectivity index (χ0v) is 10.7. The first kappa shape index (κ1) is 12.4. The smallest absolute Gasteiger partial charge is 0.101 e. The van der Waals surface area contributed by atoms with Crippen molar-refractivity contribution < 1.29 is 0 Å². The number of hydrogen-bond acceptors (Lipinski definition) is 2. The van der Waals surface area contributed by atoms with Gasteiger partial charge in [0, 0.05) is 25.0 Å². The van der Waals surface area contributed by atoms with Crippen molar-refractivity contribution in [3.8, 4) is 0 Å². The highest BCUT2D eigenvalue weighted by molar-refractivity contribution is 4.97. The Kier molecular flexibility index (Phi) is 5.00. The van der Waals surface area contributed by atoms with Crippen molar-refractivity contribution >= 4 is 0 Å². The molecule has 0 spiro atoms. The zero-order chi connectivity index (χ0) is 11.3. The van der Waals surface area contributed by atoms with Crippen LogP contribution in [0.3, 0.4) is 0 Å². The molecule has 0 aromatic heterocycles. The minimum atomic E-state index is 0.613. The zero-order valence-electron chi connectivity index (χ0n) is 10.7. The highest BCUT2D eigenvalue weighted by Crippen LogP contribution is 2.23. The summed E-state index contributed by atoms with van der Waals surface area (Å²) in [5.41, 5.74) is 0. The SMILES string of the molecule is CCCCCC1N(CC)C=CN1C(C)C. The Morgan fingerprint density at radius 1 is 1.13 bits per heavy atom. The van der Waals surface area contributed by atoms with Gasteiger partial charge in [0.05, 0.1) is 0 Å². The van der Waals surface area contributed by atoms with Crippen LogP contribution in [0.25, 0.3) is 0 Å². The van der Waals surface area contributed by atoms with Crippen LogP contribution in [-0.2, 0) is 0 Å². The lowest BCUT2D eigenvalue weighted by Gasteiger charge is -2.34. The molecule has 1 aliphatic rings. The summed E-state index contributed by atoms with van der Waals surface area (Å²) in [6.07, 6.45) is 10.4. The highest BCUT2D eigenvalue weighted by Gasteiger charge is 2.25. The molecular formula is C13H26N2. The van der Waals surface area contributed by atoms with E-state index < -0.39 is 0 Å². The second-order valence-corrected chi connectivity index (χ2v) is 4.65. The van der Waals surface area contributed by atoms with Crippen molar-refractivity contribution in [3.63, 3.8) is 0 Å². The Morgan fingerprint density at radius 3 is 2.40 bits per heavy atom. The molecule has 2 heteroatoms. The maximum Gasteiger partial charge on any atom is 0.101 e. The summed E-state index contributed by atoms with van der Waals surface area (Å²) in [4.78, 5) is 4.94. The summed E-state index contributed by atoms with van der Waals surface area (Å²) >= 11 is 0. The Morgan fingerprint density at radius 2 is 1.87 bits per heavy atom. The molecule has 1 heterocycles. The van der Waals surface area contributed by atoms with Crippen LogP contribution in [-0.4, -0.2) is 28.6 Å². The van der Waals surface area contributed by atoms with E-state index in [2.05, 4.69) is 49.9 Å². The molecule has 88 valence electrons. The number of hydrogen-bond donors (Lipinski definition) is 0. The van der Waals surface area contributed by atoms with Gasteiger partial charge in [0.15, 0.2) is 0 Å². The van der Waals surface area contributed by atoms with Gasteiger partial charge in [-0.1, -0.05) is 19.8 Å². The lowest BCUT2D eigenvalue weighted by molar-refractivity contribution is 0.119. The second-order valence-electron chi connectivity index (χ2n) is 4.65. The van der Waals surface area contributed by atoms with Crippen LogP contribution in [0.2, 0.25) is 0 Å². The largest absolute Gasteiger partial charge is 0.356 e. The van der Waals surface area contributed by atoms with E-state index in [-0.39, 0.29) is 0 Å². The van der Waals surface area contributed by atoms with E-state index >= 15 is 0 Å². The summed E-state index contributed by atoms with van der Waals surface area (Å²) in [7, 11) is 0. The molecule has 2 nitrogen and oxygen atoms in total. The summed E-state index contributed by atoms with van der Waals surface area (Å²) in [6.45, 7) is 10.2. The molecule has 1 unspecified atom stereocenters. The average molecular weight is 210 g/mol.